The third kappa shape index (κ3) is 3.27. The van der Waals surface area contributed by atoms with Gasteiger partial charge in [-0.25, -0.2) is 9.97 Å². The molecule has 200 valence electrons. The predicted molar refractivity (Wildman–Crippen MR) is 171 cm³/mol. The molecule has 0 N–H and O–H groups in total. The summed E-state index contributed by atoms with van der Waals surface area (Å²) in [4.78, 5) is 14.8. The normalized spacial score (nSPS) is 16.1. The van der Waals surface area contributed by atoms with Crippen LogP contribution in [0.3, 0.4) is 0 Å². The van der Waals surface area contributed by atoms with Crippen molar-refractivity contribution >= 4 is 55.1 Å². The van der Waals surface area contributed by atoms with Gasteiger partial charge in [0.1, 0.15) is 21.0 Å². The number of hydrogen-bond acceptors (Lipinski definition) is 5. The minimum Gasteiger partial charge on any atom is -0.299 e. The van der Waals surface area contributed by atoms with E-state index in [-0.39, 0.29) is 10.8 Å². The molecular weight excluding hydrogens is 520 g/mol. The Morgan fingerprint density at radius 2 is 0.756 bits per heavy atom. The Kier molecular flexibility index (Phi) is 5.05. The van der Waals surface area contributed by atoms with Crippen molar-refractivity contribution in [3.8, 4) is 0 Å². The number of aromatic nitrogens is 2. The molecule has 0 amide bonds. The van der Waals surface area contributed by atoms with Crippen molar-refractivity contribution in [3.05, 3.63) is 132 Å². The summed E-state index contributed by atoms with van der Waals surface area (Å²) in [6, 6.07) is 35.1. The largest absolute Gasteiger partial charge is 0.299 e. The lowest BCUT2D eigenvalue weighted by molar-refractivity contribution is 0.632. The minimum absolute atomic E-state index is 0.123. The molecule has 0 aliphatic carbocycles. The first-order valence-electron chi connectivity index (χ1n) is 14.1. The Balaban J connectivity index is 1.44. The number of thiophene rings is 1. The minimum atomic E-state index is -0.123. The zero-order chi connectivity index (χ0) is 27.9. The fourth-order valence-corrected chi connectivity index (χ4v) is 8.17. The molecule has 0 radical (unpaired) electrons. The average Bonchev–Trinajstić information content (AvgIpc) is 3.37. The SMILES string of the molecule is CC1(C)c2ccccc2N(c2sc(N3c4ccccc4C(C)(C)c4ccccc43)c3nccnc23)c2ccccc21. The second kappa shape index (κ2) is 8.51. The molecule has 0 atom stereocenters. The van der Waals surface area contributed by atoms with E-state index in [1.807, 2.05) is 12.4 Å². The zero-order valence-electron chi connectivity index (χ0n) is 23.6. The molecule has 0 fully saturated rings. The first-order valence-corrected chi connectivity index (χ1v) is 14.9. The van der Waals surface area contributed by atoms with Gasteiger partial charge >= 0.3 is 0 Å². The van der Waals surface area contributed by atoms with Crippen LogP contribution in [-0.4, -0.2) is 9.97 Å². The molecule has 0 saturated carbocycles. The number of nitrogens with zero attached hydrogens (tertiary/aromatic N) is 4. The van der Waals surface area contributed by atoms with Gasteiger partial charge < -0.3 is 0 Å². The molecule has 2 aliphatic rings. The quantitative estimate of drug-likeness (QED) is 0.215. The van der Waals surface area contributed by atoms with Crippen LogP contribution < -0.4 is 9.80 Å². The lowest BCUT2D eigenvalue weighted by atomic mass is 9.73. The van der Waals surface area contributed by atoms with Crippen molar-refractivity contribution in [3.63, 3.8) is 0 Å². The van der Waals surface area contributed by atoms with E-state index in [1.165, 1.54) is 45.0 Å². The molecule has 4 aromatic carbocycles. The maximum Gasteiger partial charge on any atom is 0.131 e. The van der Waals surface area contributed by atoms with Crippen LogP contribution in [0.15, 0.2) is 109 Å². The first-order chi connectivity index (χ1) is 19.9. The van der Waals surface area contributed by atoms with Crippen molar-refractivity contribution in [2.24, 2.45) is 0 Å². The number of rotatable bonds is 2. The van der Waals surface area contributed by atoms with Gasteiger partial charge in [0.15, 0.2) is 0 Å². The van der Waals surface area contributed by atoms with Gasteiger partial charge in [0.05, 0.1) is 22.7 Å². The predicted octanol–water partition coefficient (Wildman–Crippen LogP) is 9.91. The molecule has 0 bridgehead atoms. The van der Waals surface area contributed by atoms with Gasteiger partial charge in [-0.15, -0.1) is 0 Å². The second-order valence-corrected chi connectivity index (χ2v) is 12.9. The van der Waals surface area contributed by atoms with E-state index in [0.717, 1.165) is 21.0 Å². The van der Waals surface area contributed by atoms with Gasteiger partial charge in [0, 0.05) is 23.2 Å². The summed E-state index contributed by atoms with van der Waals surface area (Å²) < 4.78 is 0. The molecule has 0 spiro atoms. The molecule has 4 heterocycles. The van der Waals surface area contributed by atoms with Crippen LogP contribution in [0.2, 0.25) is 0 Å². The molecule has 5 heteroatoms. The third-order valence-electron chi connectivity index (χ3n) is 8.98. The van der Waals surface area contributed by atoms with Crippen LogP contribution in [0.4, 0.5) is 32.8 Å². The zero-order valence-corrected chi connectivity index (χ0v) is 24.4. The molecule has 0 unspecified atom stereocenters. The van der Waals surface area contributed by atoms with E-state index in [9.17, 15) is 0 Å². The topological polar surface area (TPSA) is 32.3 Å². The first kappa shape index (κ1) is 24.3. The van der Waals surface area contributed by atoms with Crippen molar-refractivity contribution < 1.29 is 0 Å². The molecule has 8 rings (SSSR count). The number of para-hydroxylation sites is 4. The summed E-state index contributed by atoms with van der Waals surface area (Å²) in [6.45, 7) is 9.29. The Morgan fingerprint density at radius 1 is 0.463 bits per heavy atom. The van der Waals surface area contributed by atoms with Crippen LogP contribution in [-0.2, 0) is 10.8 Å². The molecule has 4 nitrogen and oxygen atoms in total. The smallest absolute Gasteiger partial charge is 0.131 e. The van der Waals surface area contributed by atoms with Gasteiger partial charge in [-0.3, -0.25) is 9.80 Å². The Hall–Kier alpha value is -4.48. The van der Waals surface area contributed by atoms with Gasteiger partial charge in [0.25, 0.3) is 0 Å². The van der Waals surface area contributed by atoms with Gasteiger partial charge in [-0.1, -0.05) is 112 Å². The highest BCUT2D eigenvalue weighted by Crippen LogP contribution is 2.59. The van der Waals surface area contributed by atoms with Gasteiger partial charge in [-0.2, -0.15) is 0 Å². The Labute approximate surface area is 244 Å². The third-order valence-corrected chi connectivity index (χ3v) is 10.1. The van der Waals surface area contributed by atoms with Crippen molar-refractivity contribution in [2.75, 3.05) is 9.80 Å². The molecule has 41 heavy (non-hydrogen) atoms. The fourth-order valence-electron chi connectivity index (χ4n) is 6.92. The molecule has 2 aliphatic heterocycles. The van der Waals surface area contributed by atoms with Gasteiger partial charge in [-0.05, 0) is 46.5 Å². The summed E-state index contributed by atoms with van der Waals surface area (Å²) >= 11 is 1.77. The highest BCUT2D eigenvalue weighted by atomic mass is 32.1. The van der Waals surface area contributed by atoms with Crippen molar-refractivity contribution in [2.45, 2.75) is 38.5 Å². The molecule has 0 saturated heterocycles. The molecular formula is C36H30N4S. The van der Waals surface area contributed by atoms with Crippen LogP contribution in [0, 0.1) is 0 Å². The molecule has 2 aromatic heterocycles. The highest BCUT2D eigenvalue weighted by Gasteiger charge is 2.41. The van der Waals surface area contributed by atoms with E-state index >= 15 is 0 Å². The summed E-state index contributed by atoms with van der Waals surface area (Å²) in [5, 5.41) is 2.16. The average molecular weight is 551 g/mol. The lowest BCUT2D eigenvalue weighted by Crippen LogP contribution is -2.30. The number of fused-ring (bicyclic) bond motifs is 5. The van der Waals surface area contributed by atoms with Crippen LogP contribution in [0.5, 0.6) is 0 Å². The van der Waals surface area contributed by atoms with Crippen LogP contribution in [0.1, 0.15) is 49.9 Å². The summed E-state index contributed by atoms with van der Waals surface area (Å²) in [7, 11) is 0. The van der Waals surface area contributed by atoms with E-state index in [1.54, 1.807) is 11.3 Å². The van der Waals surface area contributed by atoms with Crippen molar-refractivity contribution in [1.29, 1.82) is 0 Å². The maximum absolute atomic E-state index is 4.97. The number of benzene rings is 4. The second-order valence-electron chi connectivity index (χ2n) is 12.0. The van der Waals surface area contributed by atoms with E-state index in [0.29, 0.717) is 0 Å². The summed E-state index contributed by atoms with van der Waals surface area (Å²) in [5.41, 5.74) is 11.6. The van der Waals surface area contributed by atoms with Crippen LogP contribution in [0.25, 0.3) is 11.0 Å². The maximum atomic E-state index is 4.97. The number of hydrogen-bond donors (Lipinski definition) is 0. The Morgan fingerprint density at radius 3 is 1.07 bits per heavy atom. The van der Waals surface area contributed by atoms with E-state index in [2.05, 4.69) is 135 Å². The highest BCUT2D eigenvalue weighted by molar-refractivity contribution is 7.22. The van der Waals surface area contributed by atoms with Crippen molar-refractivity contribution in [1.82, 2.24) is 9.97 Å². The lowest BCUT2D eigenvalue weighted by Gasteiger charge is -2.42. The summed E-state index contributed by atoms with van der Waals surface area (Å²) in [5.74, 6) is 0. The standard InChI is InChI=1S/C36H30N4S/c1-35(2)23-13-5-9-17-27(23)39(28-18-10-6-14-24(28)35)33-31-32(38-22-21-37-31)34(41-33)40-29-19-11-7-15-25(29)36(3,4)26-16-8-12-20-30(26)40/h5-22H,1-4H3. The summed E-state index contributed by atoms with van der Waals surface area (Å²) in [6.07, 6.45) is 3.63. The van der Waals surface area contributed by atoms with E-state index in [4.69, 9.17) is 9.97 Å². The monoisotopic (exact) mass is 550 g/mol. The van der Waals surface area contributed by atoms with E-state index < -0.39 is 0 Å². The molecule has 6 aromatic rings. The fraction of sp³-hybridized carbons (Fsp3) is 0.167. The van der Waals surface area contributed by atoms with Crippen LogP contribution >= 0.6 is 11.3 Å². The number of anilines is 6. The Bertz CT molecular complexity index is 1750. The van der Waals surface area contributed by atoms with Gasteiger partial charge in [0.2, 0.25) is 0 Å².